The highest BCUT2D eigenvalue weighted by molar-refractivity contribution is 9.10. The Morgan fingerprint density at radius 1 is 1.04 bits per heavy atom. The Morgan fingerprint density at radius 2 is 1.76 bits per heavy atom. The number of nitrogens with one attached hydrogen (secondary N) is 2. The van der Waals surface area contributed by atoms with Gasteiger partial charge in [0.05, 0.1) is 5.56 Å². The van der Waals surface area contributed by atoms with Gasteiger partial charge < -0.3 is 10.6 Å². The third-order valence-corrected chi connectivity index (χ3v) is 4.15. The molecule has 2 aromatic rings. The maximum absolute atomic E-state index is 13.7. The highest BCUT2D eigenvalue weighted by Crippen LogP contribution is 2.15. The second-order valence-electron chi connectivity index (χ2n) is 5.61. The van der Waals surface area contributed by atoms with E-state index >= 15 is 0 Å². The van der Waals surface area contributed by atoms with Crippen LogP contribution in [0.1, 0.15) is 46.0 Å². The first-order valence-corrected chi connectivity index (χ1v) is 8.91. The number of benzene rings is 2. The van der Waals surface area contributed by atoms with E-state index in [1.807, 2.05) is 0 Å². The molecule has 0 aromatic heterocycles. The van der Waals surface area contributed by atoms with Crippen molar-refractivity contribution in [3.05, 3.63) is 69.4 Å². The normalized spacial score (nSPS) is 10.4. The zero-order valence-electron chi connectivity index (χ0n) is 13.9. The molecule has 0 aliphatic heterocycles. The average molecular weight is 407 g/mol. The molecule has 2 rings (SSSR count). The van der Waals surface area contributed by atoms with E-state index in [2.05, 4.69) is 33.5 Å². The lowest BCUT2D eigenvalue weighted by Crippen LogP contribution is -2.25. The molecule has 0 atom stereocenters. The number of halogens is 2. The van der Waals surface area contributed by atoms with Gasteiger partial charge in [-0.2, -0.15) is 0 Å². The van der Waals surface area contributed by atoms with Crippen LogP contribution < -0.4 is 10.6 Å². The van der Waals surface area contributed by atoms with Crippen molar-refractivity contribution < 1.29 is 14.0 Å². The van der Waals surface area contributed by atoms with Crippen molar-refractivity contribution in [2.24, 2.45) is 0 Å². The van der Waals surface area contributed by atoms with Crippen LogP contribution in [0.15, 0.2) is 46.9 Å². The summed E-state index contributed by atoms with van der Waals surface area (Å²) in [6.07, 6.45) is 1.97. The third kappa shape index (κ3) is 5.67. The summed E-state index contributed by atoms with van der Waals surface area (Å²) >= 11 is 3.22. The van der Waals surface area contributed by atoms with Crippen molar-refractivity contribution in [2.45, 2.75) is 26.3 Å². The first-order chi connectivity index (χ1) is 12.0. The van der Waals surface area contributed by atoms with Gasteiger partial charge in [0.15, 0.2) is 0 Å². The standard InChI is InChI=1S/C19H20BrFN2O2/c1-2-3-10-22-18(24)14-6-4-13(5-7-14)12-23-19(25)16-11-15(20)8-9-17(16)21/h4-9,11H,2-3,10,12H2,1H3,(H,22,24)(H,23,25). The van der Waals surface area contributed by atoms with Gasteiger partial charge in [-0.1, -0.05) is 41.4 Å². The lowest BCUT2D eigenvalue weighted by atomic mass is 10.1. The lowest BCUT2D eigenvalue weighted by Gasteiger charge is -2.08. The molecule has 0 saturated heterocycles. The van der Waals surface area contributed by atoms with Crippen molar-refractivity contribution in [1.82, 2.24) is 10.6 Å². The maximum atomic E-state index is 13.7. The summed E-state index contributed by atoms with van der Waals surface area (Å²) in [5.41, 5.74) is 1.39. The van der Waals surface area contributed by atoms with Crippen molar-refractivity contribution in [3.63, 3.8) is 0 Å². The molecule has 0 spiro atoms. The molecule has 2 amide bonds. The van der Waals surface area contributed by atoms with Crippen LogP contribution in [-0.2, 0) is 6.54 Å². The van der Waals surface area contributed by atoms with Gasteiger partial charge in [0.2, 0.25) is 0 Å². The van der Waals surface area contributed by atoms with Crippen molar-refractivity contribution in [2.75, 3.05) is 6.54 Å². The SMILES string of the molecule is CCCCNC(=O)c1ccc(CNC(=O)c2cc(Br)ccc2F)cc1. The van der Waals surface area contributed by atoms with Crippen molar-refractivity contribution in [3.8, 4) is 0 Å². The quantitative estimate of drug-likeness (QED) is 0.681. The fourth-order valence-electron chi connectivity index (χ4n) is 2.20. The van der Waals surface area contributed by atoms with E-state index in [9.17, 15) is 14.0 Å². The van der Waals surface area contributed by atoms with Gasteiger partial charge in [-0.05, 0) is 42.3 Å². The third-order valence-electron chi connectivity index (χ3n) is 3.66. The molecular formula is C19H20BrFN2O2. The molecule has 0 aliphatic rings. The number of rotatable bonds is 7. The van der Waals surface area contributed by atoms with E-state index in [-0.39, 0.29) is 18.0 Å². The molecule has 0 fully saturated rings. The van der Waals surface area contributed by atoms with Gasteiger partial charge in [0, 0.05) is 23.1 Å². The van der Waals surface area contributed by atoms with Crippen LogP contribution in [0.2, 0.25) is 0 Å². The largest absolute Gasteiger partial charge is 0.352 e. The molecule has 6 heteroatoms. The molecule has 25 heavy (non-hydrogen) atoms. The predicted molar refractivity (Wildman–Crippen MR) is 99.0 cm³/mol. The number of carbonyl (C=O) groups is 2. The number of hydrogen-bond donors (Lipinski definition) is 2. The van der Waals surface area contributed by atoms with E-state index in [1.54, 1.807) is 24.3 Å². The summed E-state index contributed by atoms with van der Waals surface area (Å²) in [7, 11) is 0. The predicted octanol–water partition coefficient (Wildman–Crippen LogP) is 4.05. The maximum Gasteiger partial charge on any atom is 0.254 e. The molecule has 132 valence electrons. The van der Waals surface area contributed by atoms with E-state index < -0.39 is 11.7 Å². The average Bonchev–Trinajstić information content (AvgIpc) is 2.62. The van der Waals surface area contributed by atoms with Gasteiger partial charge in [-0.3, -0.25) is 9.59 Å². The fourth-order valence-corrected chi connectivity index (χ4v) is 2.56. The van der Waals surface area contributed by atoms with Crippen LogP contribution in [0.3, 0.4) is 0 Å². The first kappa shape index (κ1) is 19.1. The van der Waals surface area contributed by atoms with Gasteiger partial charge in [-0.15, -0.1) is 0 Å². The molecule has 0 radical (unpaired) electrons. The molecule has 2 aromatic carbocycles. The highest BCUT2D eigenvalue weighted by atomic mass is 79.9. The minimum absolute atomic E-state index is 0.0127. The molecule has 0 aliphatic carbocycles. The van der Waals surface area contributed by atoms with E-state index in [1.165, 1.54) is 18.2 Å². The highest BCUT2D eigenvalue weighted by Gasteiger charge is 2.12. The zero-order valence-corrected chi connectivity index (χ0v) is 15.5. The Balaban J connectivity index is 1.92. The van der Waals surface area contributed by atoms with Crippen LogP contribution in [0.25, 0.3) is 0 Å². The lowest BCUT2D eigenvalue weighted by molar-refractivity contribution is 0.0940. The smallest absolute Gasteiger partial charge is 0.254 e. The van der Waals surface area contributed by atoms with Gasteiger partial charge in [-0.25, -0.2) is 4.39 Å². The Hall–Kier alpha value is -2.21. The van der Waals surface area contributed by atoms with Crippen LogP contribution in [0.4, 0.5) is 4.39 Å². The molecule has 2 N–H and O–H groups in total. The Labute approximate surface area is 154 Å². The second-order valence-corrected chi connectivity index (χ2v) is 6.53. The molecular weight excluding hydrogens is 387 g/mol. The van der Waals surface area contributed by atoms with Gasteiger partial charge in [0.1, 0.15) is 5.82 Å². The topological polar surface area (TPSA) is 58.2 Å². The second kappa shape index (κ2) is 9.32. The van der Waals surface area contributed by atoms with E-state index in [0.29, 0.717) is 16.6 Å². The summed E-state index contributed by atoms with van der Waals surface area (Å²) in [6, 6.07) is 11.2. The Bertz CT molecular complexity index is 748. The monoisotopic (exact) mass is 406 g/mol. The molecule has 0 unspecified atom stereocenters. The Kier molecular flexibility index (Phi) is 7.13. The summed E-state index contributed by atoms with van der Waals surface area (Å²) in [4.78, 5) is 24.0. The molecule has 0 saturated carbocycles. The minimum Gasteiger partial charge on any atom is -0.352 e. The summed E-state index contributed by atoms with van der Waals surface area (Å²) in [5.74, 6) is -1.17. The fraction of sp³-hybridized carbons (Fsp3) is 0.263. The number of unbranched alkanes of at least 4 members (excludes halogenated alkanes) is 1. The van der Waals surface area contributed by atoms with Crippen molar-refractivity contribution in [1.29, 1.82) is 0 Å². The van der Waals surface area contributed by atoms with Gasteiger partial charge >= 0.3 is 0 Å². The Morgan fingerprint density at radius 3 is 2.44 bits per heavy atom. The minimum atomic E-state index is -0.570. The summed E-state index contributed by atoms with van der Waals surface area (Å²) in [6.45, 7) is 2.98. The number of hydrogen-bond acceptors (Lipinski definition) is 2. The van der Waals surface area contributed by atoms with Gasteiger partial charge in [0.25, 0.3) is 11.8 Å². The zero-order chi connectivity index (χ0) is 18.2. The van der Waals surface area contributed by atoms with Crippen LogP contribution in [0.5, 0.6) is 0 Å². The van der Waals surface area contributed by atoms with Crippen molar-refractivity contribution >= 4 is 27.7 Å². The molecule has 4 nitrogen and oxygen atoms in total. The van der Waals surface area contributed by atoms with E-state index in [0.717, 1.165) is 18.4 Å². The number of carbonyl (C=O) groups excluding carboxylic acids is 2. The van der Waals surface area contributed by atoms with E-state index in [4.69, 9.17) is 0 Å². The molecule has 0 heterocycles. The van der Waals surface area contributed by atoms with Crippen LogP contribution >= 0.6 is 15.9 Å². The summed E-state index contributed by atoms with van der Waals surface area (Å²) in [5, 5.41) is 5.52. The van der Waals surface area contributed by atoms with Crippen LogP contribution in [-0.4, -0.2) is 18.4 Å². The van der Waals surface area contributed by atoms with Crippen LogP contribution in [0, 0.1) is 5.82 Å². The number of amides is 2. The first-order valence-electron chi connectivity index (χ1n) is 8.11. The summed E-state index contributed by atoms with van der Waals surface area (Å²) < 4.78 is 14.3. The molecule has 0 bridgehead atoms.